The van der Waals surface area contributed by atoms with E-state index in [1.165, 1.54) is 4.46 Å². The Kier molecular flexibility index (Phi) is 4.40. The van der Waals surface area contributed by atoms with Gasteiger partial charge in [0.2, 0.25) is 0 Å². The predicted octanol–water partition coefficient (Wildman–Crippen LogP) is 1.71. The molecule has 2 aromatic rings. The summed E-state index contributed by atoms with van der Waals surface area (Å²) in [5.41, 5.74) is 3.16. The molecule has 100 valence electrons. The number of aromatic nitrogens is 2. The van der Waals surface area contributed by atoms with E-state index in [0.717, 1.165) is 17.1 Å². The fourth-order valence-corrected chi connectivity index (χ4v) is 3.92. The van der Waals surface area contributed by atoms with Crippen molar-refractivity contribution in [2.45, 2.75) is 25.6 Å². The molecule has 1 N–H and O–H groups in total. The van der Waals surface area contributed by atoms with E-state index in [1.54, 1.807) is 0 Å². The minimum absolute atomic E-state index is 0.154. The van der Waals surface area contributed by atoms with Crippen LogP contribution in [0.5, 0.6) is 0 Å². The van der Waals surface area contributed by atoms with Crippen LogP contribution in [0, 0.1) is 13.8 Å². The van der Waals surface area contributed by atoms with Gasteiger partial charge in [-0.3, -0.25) is 0 Å². The van der Waals surface area contributed by atoms with E-state index >= 15 is 0 Å². The van der Waals surface area contributed by atoms with Gasteiger partial charge in [0, 0.05) is 0 Å². The number of hydrogen-bond donors (Lipinski definition) is 1. The number of aryl methyl sites for hydroxylation is 2. The number of benzene rings is 1. The Balaban J connectivity index is 2.26. The van der Waals surface area contributed by atoms with E-state index in [9.17, 15) is 4.79 Å². The first kappa shape index (κ1) is 13.8. The van der Waals surface area contributed by atoms with Gasteiger partial charge in [0.15, 0.2) is 0 Å². The molecule has 19 heavy (non-hydrogen) atoms. The third-order valence-electron chi connectivity index (χ3n) is 2.68. The van der Waals surface area contributed by atoms with E-state index in [-0.39, 0.29) is 21.4 Å². The second-order valence-corrected chi connectivity index (χ2v) is 6.68. The molecule has 2 rings (SSSR count). The summed E-state index contributed by atoms with van der Waals surface area (Å²) in [6.45, 7) is 4.00. The summed E-state index contributed by atoms with van der Waals surface area (Å²) in [7, 11) is 0. The van der Waals surface area contributed by atoms with Crippen molar-refractivity contribution < 1.29 is 9.90 Å². The molecule has 1 aromatic carbocycles. The Morgan fingerprint density at radius 3 is 2.74 bits per heavy atom. The van der Waals surface area contributed by atoms with Gasteiger partial charge < -0.3 is 0 Å². The number of carboxylic acid groups (broad SMARTS) is 1. The zero-order valence-corrected chi connectivity index (χ0v) is 12.7. The first-order valence-corrected chi connectivity index (χ1v) is 8.12. The Hall–Kier alpha value is -1.58. The van der Waals surface area contributed by atoms with Crippen LogP contribution in [0.15, 0.2) is 30.3 Å². The second-order valence-electron chi connectivity index (χ2n) is 4.30. The fraction of sp³-hybridized carbons (Fsp3) is 0.286. The molecular formula is C14H16N2O2Se. The topological polar surface area (TPSA) is 55.1 Å². The van der Waals surface area contributed by atoms with Crippen LogP contribution in [0.25, 0.3) is 5.69 Å². The number of rotatable bonds is 5. The Morgan fingerprint density at radius 1 is 1.37 bits per heavy atom. The van der Waals surface area contributed by atoms with Crippen LogP contribution in [0.3, 0.4) is 0 Å². The molecule has 1 heterocycles. The van der Waals surface area contributed by atoms with Crippen LogP contribution >= 0.6 is 0 Å². The van der Waals surface area contributed by atoms with Crippen molar-refractivity contribution in [3.63, 3.8) is 0 Å². The van der Waals surface area contributed by atoms with Gasteiger partial charge in [0.25, 0.3) is 0 Å². The quantitative estimate of drug-likeness (QED) is 0.853. The maximum atomic E-state index is 10.6. The van der Waals surface area contributed by atoms with Gasteiger partial charge in [-0.05, 0) is 0 Å². The molecule has 0 saturated heterocycles. The van der Waals surface area contributed by atoms with E-state index in [4.69, 9.17) is 5.11 Å². The van der Waals surface area contributed by atoms with Crippen molar-refractivity contribution in [3.8, 4) is 5.69 Å². The van der Waals surface area contributed by atoms with Gasteiger partial charge in [-0.2, -0.15) is 0 Å². The summed E-state index contributed by atoms with van der Waals surface area (Å²) in [6.07, 6.45) is 0.228. The number of carbonyl (C=O) groups is 1. The maximum absolute atomic E-state index is 10.6. The molecule has 0 aliphatic heterocycles. The van der Waals surface area contributed by atoms with E-state index in [2.05, 4.69) is 11.2 Å². The summed E-state index contributed by atoms with van der Waals surface area (Å²) in [5, 5.41) is 13.9. The van der Waals surface area contributed by atoms with Crippen molar-refractivity contribution in [1.82, 2.24) is 9.78 Å². The monoisotopic (exact) mass is 324 g/mol. The number of aliphatic carboxylic acids is 1. The molecule has 0 aliphatic carbocycles. The fourth-order valence-electron chi connectivity index (χ4n) is 1.88. The molecule has 1 aromatic heterocycles. The molecule has 0 amide bonds. The van der Waals surface area contributed by atoms with Crippen molar-refractivity contribution in [2.75, 3.05) is 0 Å². The number of para-hydroxylation sites is 1. The number of carboxylic acids is 1. The summed E-state index contributed by atoms with van der Waals surface area (Å²) >= 11 is 0.154. The zero-order chi connectivity index (χ0) is 13.8. The second kappa shape index (κ2) is 6.04. The van der Waals surface area contributed by atoms with E-state index in [1.807, 2.05) is 42.8 Å². The predicted molar refractivity (Wildman–Crippen MR) is 75.5 cm³/mol. The van der Waals surface area contributed by atoms with Gasteiger partial charge in [0.1, 0.15) is 0 Å². The van der Waals surface area contributed by atoms with Crippen molar-refractivity contribution in [3.05, 3.63) is 41.7 Å². The average Bonchev–Trinajstić information content (AvgIpc) is 2.68. The van der Waals surface area contributed by atoms with Gasteiger partial charge in [-0.25, -0.2) is 0 Å². The molecule has 0 saturated carbocycles. The Labute approximate surface area is 118 Å². The Bertz CT molecular complexity index is 593. The summed E-state index contributed by atoms with van der Waals surface area (Å²) in [5.74, 6) is -0.731. The third kappa shape index (κ3) is 3.46. The van der Waals surface area contributed by atoms with Crippen LogP contribution in [-0.2, 0) is 4.79 Å². The molecule has 0 bridgehead atoms. The minimum atomic E-state index is -0.731. The molecule has 0 spiro atoms. The first-order valence-electron chi connectivity index (χ1n) is 6.05. The van der Waals surface area contributed by atoms with Crippen LogP contribution < -0.4 is 4.46 Å². The summed E-state index contributed by atoms with van der Waals surface area (Å²) < 4.78 is 3.13. The molecule has 0 unspecified atom stereocenters. The molecule has 4 nitrogen and oxygen atoms in total. The van der Waals surface area contributed by atoms with Crippen LogP contribution in [0.1, 0.15) is 17.8 Å². The van der Waals surface area contributed by atoms with Crippen LogP contribution in [0.4, 0.5) is 0 Å². The molecular weight excluding hydrogens is 307 g/mol. The van der Waals surface area contributed by atoms with Gasteiger partial charge in [-0.1, -0.05) is 0 Å². The van der Waals surface area contributed by atoms with E-state index in [0.29, 0.717) is 5.32 Å². The first-order chi connectivity index (χ1) is 9.08. The molecule has 5 heteroatoms. The van der Waals surface area contributed by atoms with Crippen LogP contribution in [-0.4, -0.2) is 35.8 Å². The normalized spacial score (nSPS) is 10.6. The third-order valence-corrected chi connectivity index (χ3v) is 4.91. The van der Waals surface area contributed by atoms with Gasteiger partial charge in [-0.15, -0.1) is 0 Å². The molecule has 0 radical (unpaired) electrons. The number of nitrogens with zero attached hydrogens (tertiary/aromatic N) is 2. The Morgan fingerprint density at radius 2 is 2.11 bits per heavy atom. The van der Waals surface area contributed by atoms with Crippen molar-refractivity contribution >= 4 is 25.4 Å². The van der Waals surface area contributed by atoms with Crippen molar-refractivity contribution in [1.29, 1.82) is 0 Å². The molecule has 0 aliphatic rings. The van der Waals surface area contributed by atoms with Gasteiger partial charge >= 0.3 is 118 Å². The average molecular weight is 323 g/mol. The van der Waals surface area contributed by atoms with Crippen LogP contribution in [0.2, 0.25) is 5.32 Å². The summed E-state index contributed by atoms with van der Waals surface area (Å²) in [4.78, 5) is 10.6. The number of hydrogen-bond acceptors (Lipinski definition) is 2. The summed E-state index contributed by atoms with van der Waals surface area (Å²) in [6, 6.07) is 10.1. The SMILES string of the molecule is Cc1cc(C)n(-c2ccccc2[Se]CCC(=O)O)n1. The standard InChI is InChI=1S/C14H16N2O2Se/c1-10-9-11(2)16(15-10)12-5-3-4-6-13(12)19-8-7-14(17)18/h3-6,9H,7-8H2,1-2H3,(H,17,18). The van der Waals surface area contributed by atoms with Crippen molar-refractivity contribution in [2.24, 2.45) is 0 Å². The molecule has 0 atom stereocenters. The van der Waals surface area contributed by atoms with Gasteiger partial charge in [0.05, 0.1) is 0 Å². The zero-order valence-electron chi connectivity index (χ0n) is 11.0. The van der Waals surface area contributed by atoms with E-state index < -0.39 is 5.97 Å². The molecule has 0 fully saturated rings.